The molecule has 0 unspecified atom stereocenters. The Labute approximate surface area is 281 Å². The second-order valence-corrected chi connectivity index (χ2v) is 12.4. The quantitative estimate of drug-likeness (QED) is 0.0586. The predicted octanol–water partition coefficient (Wildman–Crippen LogP) is 6.58. The molecule has 4 rings (SSSR count). The summed E-state index contributed by atoms with van der Waals surface area (Å²) in [5.41, 5.74) is 4.98. The minimum atomic E-state index is -1.69. The Bertz CT molecular complexity index is 1540. The number of nitrogens with zero attached hydrogens (tertiary/aromatic N) is 4. The van der Waals surface area contributed by atoms with E-state index in [9.17, 15) is 19.1 Å². The minimum absolute atomic E-state index is 0.00939. The highest BCUT2D eigenvalue weighted by atomic mass is 19.1. The lowest BCUT2D eigenvalue weighted by Gasteiger charge is -2.26. The number of esters is 2. The maximum atomic E-state index is 13.9. The van der Waals surface area contributed by atoms with E-state index in [0.717, 1.165) is 19.3 Å². The van der Waals surface area contributed by atoms with Crippen LogP contribution < -0.4 is 5.73 Å². The van der Waals surface area contributed by atoms with Crippen LogP contribution in [0.2, 0.25) is 0 Å². The minimum Gasteiger partial charge on any atom is -0.461 e. The van der Waals surface area contributed by atoms with Crippen LogP contribution in [-0.4, -0.2) is 54.9 Å². The van der Waals surface area contributed by atoms with Crippen molar-refractivity contribution in [2.45, 2.75) is 128 Å². The van der Waals surface area contributed by atoms with Crippen molar-refractivity contribution in [1.29, 1.82) is 0 Å². The third kappa shape index (κ3) is 9.97. The number of aliphatic hydroxyl groups excluding tert-OH is 1. The fourth-order valence-corrected chi connectivity index (χ4v) is 5.96. The normalized spacial score (nSPS) is 19.0. The second kappa shape index (κ2) is 18.5. The number of benzene rings is 1. The number of carbonyl (C=O) groups excluding carboxylic acids is 2. The van der Waals surface area contributed by atoms with Gasteiger partial charge in [-0.25, -0.2) is 9.78 Å². The maximum absolute atomic E-state index is 13.9. The summed E-state index contributed by atoms with van der Waals surface area (Å²) < 4.78 is 32.3. The Balaban J connectivity index is 1.19. The monoisotopic (exact) mass is 665 g/mol. The molecule has 3 N–H and O–H groups in total. The molecule has 260 valence electrons. The summed E-state index contributed by atoms with van der Waals surface area (Å²) >= 11 is 0. The molecule has 12 heteroatoms. The molecule has 2 aromatic heterocycles. The first-order valence-electron chi connectivity index (χ1n) is 17.2. The van der Waals surface area contributed by atoms with Gasteiger partial charge in [0, 0.05) is 18.4 Å². The molecule has 1 saturated heterocycles. The zero-order valence-electron chi connectivity index (χ0n) is 27.9. The number of carbonyl (C=O) groups is 2. The fraction of sp³-hybridized carbons (Fsp3) is 0.583. The van der Waals surface area contributed by atoms with Gasteiger partial charge in [0.1, 0.15) is 25.5 Å². The van der Waals surface area contributed by atoms with Crippen LogP contribution in [0.5, 0.6) is 0 Å². The Morgan fingerprint density at radius 2 is 1.69 bits per heavy atom. The summed E-state index contributed by atoms with van der Waals surface area (Å²) in [7, 11) is 0. The van der Waals surface area contributed by atoms with E-state index >= 15 is 0 Å². The summed E-state index contributed by atoms with van der Waals surface area (Å²) in [6, 6.07) is 6.64. The summed E-state index contributed by atoms with van der Waals surface area (Å²) in [5.74, 6) is 1.24. The number of imidazole rings is 1. The maximum Gasteiger partial charge on any atom is 0.338 e. The smallest absolute Gasteiger partial charge is 0.338 e. The van der Waals surface area contributed by atoms with Gasteiger partial charge < -0.3 is 25.1 Å². The Kier molecular flexibility index (Phi) is 14.1. The SMILES string of the molecule is C#C[C@]1(COC(=O)c2ccccc2COC(=O)CCCCCCCCCCCCCCC)O[C@H](n2cnc3c(N)nc(F)nc32)C[C@@H]1O. The van der Waals surface area contributed by atoms with Gasteiger partial charge in [0.25, 0.3) is 0 Å². The first-order valence-corrected chi connectivity index (χ1v) is 17.2. The summed E-state index contributed by atoms with van der Waals surface area (Å²) in [4.78, 5) is 36.9. The molecule has 0 spiro atoms. The first kappa shape index (κ1) is 36.8. The number of hydrogen-bond donors (Lipinski definition) is 2. The Hall–Kier alpha value is -4.08. The number of nitrogen functional groups attached to an aromatic ring is 1. The number of halogens is 1. The second-order valence-electron chi connectivity index (χ2n) is 12.4. The summed E-state index contributed by atoms with van der Waals surface area (Å²) in [5, 5.41) is 10.9. The standard InChI is InChI=1S/C36H48FN5O6/c1-3-5-6-7-8-9-10-11-12-13-14-15-16-21-30(44)46-23-26-19-17-18-20-27(26)34(45)47-24-36(4-2)28(43)22-29(48-36)42-25-39-31-32(38)40-35(37)41-33(31)42/h2,17-20,25,28-29,43H,3,5-16,21-24H2,1H3,(H2,38,40,41)/t28-,29-,36+/m0/s1. The lowest BCUT2D eigenvalue weighted by Crippen LogP contribution is -2.43. The lowest BCUT2D eigenvalue weighted by molar-refractivity contribution is -0.145. The number of fused-ring (bicyclic) bond motifs is 1. The molecule has 3 aromatic rings. The molecule has 11 nitrogen and oxygen atoms in total. The van der Waals surface area contributed by atoms with E-state index in [1.807, 2.05) is 0 Å². The van der Waals surface area contributed by atoms with Gasteiger partial charge in [0.15, 0.2) is 22.6 Å². The Morgan fingerprint density at radius 3 is 2.35 bits per heavy atom. The molecular formula is C36H48FN5O6. The topological polar surface area (TPSA) is 152 Å². The van der Waals surface area contributed by atoms with Crippen molar-refractivity contribution in [3.63, 3.8) is 0 Å². The van der Waals surface area contributed by atoms with Crippen molar-refractivity contribution in [3.05, 3.63) is 47.8 Å². The van der Waals surface area contributed by atoms with Crippen molar-refractivity contribution < 1.29 is 33.3 Å². The van der Waals surface area contributed by atoms with Crippen molar-refractivity contribution >= 4 is 28.9 Å². The van der Waals surface area contributed by atoms with Gasteiger partial charge in [-0.3, -0.25) is 9.36 Å². The molecule has 0 bridgehead atoms. The number of terminal acetylenes is 1. The third-order valence-electron chi connectivity index (χ3n) is 8.81. The molecule has 0 saturated carbocycles. The molecule has 3 atom stereocenters. The molecule has 3 heterocycles. The fourth-order valence-electron chi connectivity index (χ4n) is 5.96. The van der Waals surface area contributed by atoms with Gasteiger partial charge in [0.2, 0.25) is 0 Å². The predicted molar refractivity (Wildman–Crippen MR) is 179 cm³/mol. The molecule has 0 aliphatic carbocycles. The molecule has 0 amide bonds. The Morgan fingerprint density at radius 1 is 1.04 bits per heavy atom. The van der Waals surface area contributed by atoms with E-state index in [4.69, 9.17) is 26.4 Å². The molecule has 48 heavy (non-hydrogen) atoms. The van der Waals surface area contributed by atoms with E-state index < -0.39 is 36.6 Å². The number of aliphatic hydroxyl groups is 1. The average Bonchev–Trinajstić information content (AvgIpc) is 3.65. The molecule has 1 aliphatic heterocycles. The van der Waals surface area contributed by atoms with Crippen molar-refractivity contribution in [3.8, 4) is 12.3 Å². The van der Waals surface area contributed by atoms with E-state index in [-0.39, 0.29) is 41.5 Å². The van der Waals surface area contributed by atoms with Crippen LogP contribution in [0, 0.1) is 18.4 Å². The van der Waals surface area contributed by atoms with Gasteiger partial charge in [-0.05, 0) is 12.5 Å². The van der Waals surface area contributed by atoms with Crippen molar-refractivity contribution in [2.24, 2.45) is 0 Å². The highest BCUT2D eigenvalue weighted by Crippen LogP contribution is 2.38. The van der Waals surface area contributed by atoms with Crippen LogP contribution in [0.1, 0.15) is 125 Å². The van der Waals surface area contributed by atoms with Crippen molar-refractivity contribution in [2.75, 3.05) is 12.3 Å². The highest BCUT2D eigenvalue weighted by Gasteiger charge is 2.49. The summed E-state index contributed by atoms with van der Waals surface area (Å²) in [6.07, 6.45) is 20.2. The van der Waals surface area contributed by atoms with E-state index in [2.05, 4.69) is 27.8 Å². The highest BCUT2D eigenvalue weighted by molar-refractivity contribution is 5.91. The van der Waals surface area contributed by atoms with Crippen LogP contribution >= 0.6 is 0 Å². The molecule has 1 aromatic carbocycles. The van der Waals surface area contributed by atoms with Crippen LogP contribution in [0.4, 0.5) is 10.2 Å². The number of ether oxygens (including phenoxy) is 3. The van der Waals surface area contributed by atoms with Gasteiger partial charge >= 0.3 is 18.0 Å². The molecular weight excluding hydrogens is 617 g/mol. The van der Waals surface area contributed by atoms with E-state index in [0.29, 0.717) is 12.0 Å². The number of anilines is 1. The van der Waals surface area contributed by atoms with Crippen LogP contribution in [0.25, 0.3) is 11.2 Å². The summed E-state index contributed by atoms with van der Waals surface area (Å²) in [6.45, 7) is 1.69. The third-order valence-corrected chi connectivity index (χ3v) is 8.81. The molecule has 1 fully saturated rings. The van der Waals surface area contributed by atoms with E-state index in [1.54, 1.807) is 24.3 Å². The molecule has 0 radical (unpaired) electrons. The number of hydrogen-bond acceptors (Lipinski definition) is 10. The number of rotatable bonds is 20. The number of nitrogens with two attached hydrogens (primary N) is 1. The van der Waals surface area contributed by atoms with Crippen LogP contribution in [0.15, 0.2) is 30.6 Å². The first-order chi connectivity index (χ1) is 23.3. The van der Waals surface area contributed by atoms with Gasteiger partial charge in [-0.1, -0.05) is 108 Å². The van der Waals surface area contributed by atoms with Crippen molar-refractivity contribution in [1.82, 2.24) is 19.5 Å². The molecule has 1 aliphatic rings. The van der Waals surface area contributed by atoms with Gasteiger partial charge in [0.05, 0.1) is 11.9 Å². The number of unbranched alkanes of at least 4 members (excludes halogenated alkanes) is 12. The van der Waals surface area contributed by atoms with Crippen LogP contribution in [-0.2, 0) is 25.6 Å². The van der Waals surface area contributed by atoms with Crippen LogP contribution in [0.3, 0.4) is 0 Å². The van der Waals surface area contributed by atoms with Gasteiger partial charge in [-0.2, -0.15) is 14.4 Å². The lowest BCUT2D eigenvalue weighted by atomic mass is 9.99. The van der Waals surface area contributed by atoms with E-state index in [1.165, 1.54) is 75.1 Å². The van der Waals surface area contributed by atoms with Gasteiger partial charge in [-0.15, -0.1) is 6.42 Å². The zero-order valence-corrected chi connectivity index (χ0v) is 27.9. The average molecular weight is 666 g/mol. The largest absolute Gasteiger partial charge is 0.461 e. The number of aromatic nitrogens is 4. The zero-order chi connectivity index (χ0) is 34.4.